The van der Waals surface area contributed by atoms with Gasteiger partial charge in [0, 0.05) is 12.7 Å². The molecule has 7 heteroatoms. The Morgan fingerprint density at radius 2 is 2.17 bits per heavy atom. The zero-order chi connectivity index (χ0) is 13.8. The number of carboxylic acid groups (broad SMARTS) is 1. The summed E-state index contributed by atoms with van der Waals surface area (Å²) in [6.07, 6.45) is -3.27. The van der Waals surface area contributed by atoms with Crippen LogP contribution in [0.3, 0.4) is 0 Å². The van der Waals surface area contributed by atoms with Gasteiger partial charge >= 0.3 is 12.1 Å². The van der Waals surface area contributed by atoms with Crippen molar-refractivity contribution in [2.45, 2.75) is 19.5 Å². The van der Waals surface area contributed by atoms with Crippen molar-refractivity contribution in [1.82, 2.24) is 4.98 Å². The lowest BCUT2D eigenvalue weighted by atomic mass is 10.1. The van der Waals surface area contributed by atoms with E-state index >= 15 is 0 Å². The second-order valence-corrected chi connectivity index (χ2v) is 3.75. The number of anilines is 1. The monoisotopic (exact) mass is 262 g/mol. The zero-order valence-electron chi connectivity index (χ0n) is 9.66. The van der Waals surface area contributed by atoms with Crippen LogP contribution in [0.15, 0.2) is 18.3 Å². The average molecular weight is 262 g/mol. The minimum absolute atomic E-state index is 0.129. The van der Waals surface area contributed by atoms with Gasteiger partial charge in [0.25, 0.3) is 0 Å². The molecule has 0 radical (unpaired) electrons. The quantitative estimate of drug-likeness (QED) is 0.856. The van der Waals surface area contributed by atoms with Crippen molar-refractivity contribution in [2.24, 2.45) is 5.92 Å². The molecule has 1 aromatic heterocycles. The molecule has 0 bridgehead atoms. The van der Waals surface area contributed by atoms with E-state index in [1.54, 1.807) is 6.92 Å². The first-order valence-electron chi connectivity index (χ1n) is 5.34. The largest absolute Gasteiger partial charge is 0.481 e. The SMILES string of the molecule is CCC(CNc1ccc(C(F)(F)F)cn1)C(=O)O. The van der Waals surface area contributed by atoms with E-state index in [2.05, 4.69) is 10.3 Å². The van der Waals surface area contributed by atoms with E-state index in [1.807, 2.05) is 0 Å². The Morgan fingerprint density at radius 1 is 1.50 bits per heavy atom. The van der Waals surface area contributed by atoms with E-state index in [0.29, 0.717) is 12.6 Å². The second-order valence-electron chi connectivity index (χ2n) is 3.75. The molecule has 4 nitrogen and oxygen atoms in total. The fourth-order valence-corrected chi connectivity index (χ4v) is 1.30. The maximum atomic E-state index is 12.3. The van der Waals surface area contributed by atoms with Gasteiger partial charge in [0.05, 0.1) is 11.5 Å². The number of rotatable bonds is 5. The number of halogens is 3. The van der Waals surface area contributed by atoms with Crippen molar-refractivity contribution in [3.63, 3.8) is 0 Å². The minimum Gasteiger partial charge on any atom is -0.481 e. The summed E-state index contributed by atoms with van der Waals surface area (Å²) >= 11 is 0. The molecule has 0 saturated heterocycles. The zero-order valence-corrected chi connectivity index (χ0v) is 9.66. The molecule has 0 aromatic carbocycles. The second kappa shape index (κ2) is 5.70. The third-order valence-corrected chi connectivity index (χ3v) is 2.46. The molecule has 18 heavy (non-hydrogen) atoms. The number of nitrogens with one attached hydrogen (secondary N) is 1. The summed E-state index contributed by atoms with van der Waals surface area (Å²) in [6, 6.07) is 2.08. The highest BCUT2D eigenvalue weighted by molar-refractivity contribution is 5.70. The molecular formula is C11H13F3N2O2. The molecular weight excluding hydrogens is 249 g/mol. The minimum atomic E-state index is -4.42. The number of aromatic nitrogens is 1. The number of hydrogen-bond acceptors (Lipinski definition) is 3. The normalized spacial score (nSPS) is 13.1. The van der Waals surface area contributed by atoms with Crippen molar-refractivity contribution >= 4 is 11.8 Å². The number of nitrogens with zero attached hydrogens (tertiary/aromatic N) is 1. The van der Waals surface area contributed by atoms with Crippen LogP contribution < -0.4 is 5.32 Å². The molecule has 0 aliphatic carbocycles. The smallest absolute Gasteiger partial charge is 0.417 e. The molecule has 0 amide bonds. The molecule has 1 unspecified atom stereocenters. The van der Waals surface area contributed by atoms with Crippen LogP contribution in [0.5, 0.6) is 0 Å². The lowest BCUT2D eigenvalue weighted by molar-refractivity contribution is -0.141. The van der Waals surface area contributed by atoms with Gasteiger partial charge in [-0.05, 0) is 18.6 Å². The van der Waals surface area contributed by atoms with Crippen molar-refractivity contribution in [3.8, 4) is 0 Å². The van der Waals surface area contributed by atoms with Crippen LogP contribution >= 0.6 is 0 Å². The third kappa shape index (κ3) is 3.90. The van der Waals surface area contributed by atoms with Crippen molar-refractivity contribution in [2.75, 3.05) is 11.9 Å². The predicted molar refractivity (Wildman–Crippen MR) is 59.1 cm³/mol. The summed E-state index contributed by atoms with van der Waals surface area (Å²) in [5, 5.41) is 11.5. The molecule has 0 aliphatic heterocycles. The molecule has 1 heterocycles. The van der Waals surface area contributed by atoms with Crippen LogP contribution in [0.2, 0.25) is 0 Å². The summed E-state index contributed by atoms with van der Waals surface area (Å²) < 4.78 is 36.8. The fourth-order valence-electron chi connectivity index (χ4n) is 1.30. The van der Waals surface area contributed by atoms with Gasteiger partial charge in [-0.15, -0.1) is 0 Å². The summed E-state index contributed by atoms with van der Waals surface area (Å²) in [6.45, 7) is 1.85. The molecule has 1 aromatic rings. The van der Waals surface area contributed by atoms with Gasteiger partial charge in [0.2, 0.25) is 0 Å². The number of carbonyl (C=O) groups is 1. The van der Waals surface area contributed by atoms with E-state index in [4.69, 9.17) is 5.11 Å². The summed E-state index contributed by atoms with van der Waals surface area (Å²) in [4.78, 5) is 14.3. The number of hydrogen-bond donors (Lipinski definition) is 2. The molecule has 1 rings (SSSR count). The molecule has 100 valence electrons. The molecule has 0 spiro atoms. The molecule has 0 saturated carbocycles. The Labute approximate surface area is 102 Å². The van der Waals surface area contributed by atoms with Crippen LogP contribution in [0, 0.1) is 5.92 Å². The van der Waals surface area contributed by atoms with Gasteiger partial charge in [0.15, 0.2) is 0 Å². The Morgan fingerprint density at radius 3 is 2.56 bits per heavy atom. The fraction of sp³-hybridized carbons (Fsp3) is 0.455. The average Bonchev–Trinajstić information content (AvgIpc) is 2.29. The Balaban J connectivity index is 2.62. The van der Waals surface area contributed by atoms with E-state index in [0.717, 1.165) is 6.07 Å². The molecule has 1 atom stereocenters. The van der Waals surface area contributed by atoms with E-state index in [1.165, 1.54) is 6.07 Å². The van der Waals surface area contributed by atoms with Crippen LogP contribution in [-0.4, -0.2) is 22.6 Å². The number of alkyl halides is 3. The maximum Gasteiger partial charge on any atom is 0.417 e. The van der Waals surface area contributed by atoms with Gasteiger partial charge in [-0.2, -0.15) is 13.2 Å². The topological polar surface area (TPSA) is 62.2 Å². The van der Waals surface area contributed by atoms with Crippen LogP contribution in [-0.2, 0) is 11.0 Å². The molecule has 0 fully saturated rings. The lowest BCUT2D eigenvalue weighted by Crippen LogP contribution is -2.22. The first kappa shape index (κ1) is 14.3. The van der Waals surface area contributed by atoms with Crippen LogP contribution in [0.25, 0.3) is 0 Å². The Kier molecular flexibility index (Phi) is 4.52. The van der Waals surface area contributed by atoms with E-state index in [9.17, 15) is 18.0 Å². The number of carboxylic acids is 1. The number of pyridine rings is 1. The van der Waals surface area contributed by atoms with Gasteiger partial charge < -0.3 is 10.4 Å². The predicted octanol–water partition coefficient (Wildman–Crippen LogP) is 2.62. The Hall–Kier alpha value is -1.79. The van der Waals surface area contributed by atoms with E-state index < -0.39 is 23.6 Å². The highest BCUT2D eigenvalue weighted by atomic mass is 19.4. The van der Waals surface area contributed by atoms with E-state index in [-0.39, 0.29) is 12.4 Å². The first-order chi connectivity index (χ1) is 8.34. The van der Waals surface area contributed by atoms with Crippen molar-refractivity contribution < 1.29 is 23.1 Å². The Bertz CT molecular complexity index is 404. The molecule has 0 aliphatic rings. The van der Waals surface area contributed by atoms with Gasteiger partial charge in [0.1, 0.15) is 5.82 Å². The van der Waals surface area contributed by atoms with Crippen LogP contribution in [0.4, 0.5) is 19.0 Å². The highest BCUT2D eigenvalue weighted by Gasteiger charge is 2.30. The summed E-state index contributed by atoms with van der Waals surface area (Å²) in [5.74, 6) is -1.31. The highest BCUT2D eigenvalue weighted by Crippen LogP contribution is 2.28. The van der Waals surface area contributed by atoms with Gasteiger partial charge in [-0.25, -0.2) is 4.98 Å². The summed E-state index contributed by atoms with van der Waals surface area (Å²) in [7, 11) is 0. The van der Waals surface area contributed by atoms with Crippen molar-refractivity contribution in [3.05, 3.63) is 23.9 Å². The first-order valence-corrected chi connectivity index (χ1v) is 5.34. The molecule has 2 N–H and O–H groups in total. The number of aliphatic carboxylic acids is 1. The van der Waals surface area contributed by atoms with Gasteiger partial charge in [-0.3, -0.25) is 4.79 Å². The summed E-state index contributed by atoms with van der Waals surface area (Å²) in [5.41, 5.74) is -0.835. The lowest BCUT2D eigenvalue weighted by Gasteiger charge is -2.12. The maximum absolute atomic E-state index is 12.3. The third-order valence-electron chi connectivity index (χ3n) is 2.46. The standard InChI is InChI=1S/C11H13F3N2O2/c1-2-7(10(17)18)5-15-9-4-3-8(6-16-9)11(12,13)14/h3-4,6-7H,2,5H2,1H3,(H,15,16)(H,17,18). The van der Waals surface area contributed by atoms with Crippen LogP contribution in [0.1, 0.15) is 18.9 Å². The van der Waals surface area contributed by atoms with Crippen molar-refractivity contribution in [1.29, 1.82) is 0 Å². The van der Waals surface area contributed by atoms with Gasteiger partial charge in [-0.1, -0.05) is 6.92 Å².